The Morgan fingerprint density at radius 2 is 1.91 bits per heavy atom. The number of fused-ring (bicyclic) bond motifs is 1. The molecule has 3 heterocycles. The molecule has 5 rings (SSSR count). The summed E-state index contributed by atoms with van der Waals surface area (Å²) in [5, 5.41) is 0. The van der Waals surface area contributed by atoms with Crippen molar-refractivity contribution in [3.63, 3.8) is 0 Å². The number of aromatic nitrogens is 1. The lowest BCUT2D eigenvalue weighted by molar-refractivity contribution is -0.114. The number of benzene rings is 2. The number of carbonyl (C=O) groups is 1. The Bertz CT molecular complexity index is 1220. The van der Waals surface area contributed by atoms with E-state index in [4.69, 9.17) is 18.9 Å². The molecular formula is C23H18N2O6S. The van der Waals surface area contributed by atoms with Crippen LogP contribution >= 0.6 is 0 Å². The predicted molar refractivity (Wildman–Crippen MR) is 117 cm³/mol. The van der Waals surface area contributed by atoms with E-state index in [1.165, 1.54) is 6.08 Å². The molecule has 0 saturated heterocycles. The molecule has 32 heavy (non-hydrogen) atoms. The van der Waals surface area contributed by atoms with E-state index in [0.29, 0.717) is 46.0 Å². The van der Waals surface area contributed by atoms with Gasteiger partial charge in [-0.2, -0.15) is 0 Å². The van der Waals surface area contributed by atoms with Gasteiger partial charge in [0.1, 0.15) is 18.1 Å². The molecule has 2 unspecified atom stereocenters. The maximum absolute atomic E-state index is 11.9. The third kappa shape index (κ3) is 3.90. The molecule has 9 heteroatoms. The van der Waals surface area contributed by atoms with Crippen LogP contribution < -0.4 is 23.7 Å². The van der Waals surface area contributed by atoms with Gasteiger partial charge in [0.2, 0.25) is 5.88 Å². The van der Waals surface area contributed by atoms with Crippen molar-refractivity contribution in [3.8, 4) is 28.9 Å². The zero-order chi connectivity index (χ0) is 22.1. The van der Waals surface area contributed by atoms with E-state index in [9.17, 15) is 9.00 Å². The van der Waals surface area contributed by atoms with Crippen LogP contribution in [0.15, 0.2) is 66.9 Å². The molecule has 2 aliphatic rings. The van der Waals surface area contributed by atoms with Gasteiger partial charge in [0.05, 0.1) is 18.2 Å². The number of methoxy groups -OCH3 is 1. The van der Waals surface area contributed by atoms with Crippen molar-refractivity contribution in [2.75, 3.05) is 13.7 Å². The van der Waals surface area contributed by atoms with Gasteiger partial charge in [0.15, 0.2) is 28.6 Å². The summed E-state index contributed by atoms with van der Waals surface area (Å²) in [7, 11) is 0.0268. The van der Waals surface area contributed by atoms with Gasteiger partial charge in [0.25, 0.3) is 5.91 Å². The monoisotopic (exact) mass is 450 g/mol. The Labute approximate surface area is 186 Å². The maximum Gasteiger partial charge on any atom is 0.257 e. The molecule has 0 bridgehead atoms. The van der Waals surface area contributed by atoms with Gasteiger partial charge in [0, 0.05) is 17.7 Å². The van der Waals surface area contributed by atoms with Crippen LogP contribution in [0.5, 0.6) is 28.9 Å². The van der Waals surface area contributed by atoms with Gasteiger partial charge >= 0.3 is 0 Å². The summed E-state index contributed by atoms with van der Waals surface area (Å²) >= 11 is 0. The standard InChI is InChI=1S/C23H18N2O6S/c1-28-22-10-9-16(12-24-22)31-18-4-2-3-17-19(13-29-23(17)18)30-15-7-5-14(6-8-15)20-11-21(26)25-32(20)27/h2-12,19H,13H2,1H3,(H,25,26). The van der Waals surface area contributed by atoms with E-state index >= 15 is 0 Å². The van der Waals surface area contributed by atoms with E-state index in [0.717, 1.165) is 5.56 Å². The van der Waals surface area contributed by atoms with Crippen LogP contribution in [0.25, 0.3) is 4.91 Å². The van der Waals surface area contributed by atoms with Crippen LogP contribution in [0.2, 0.25) is 0 Å². The average molecular weight is 450 g/mol. The van der Waals surface area contributed by atoms with E-state index in [1.54, 1.807) is 49.7 Å². The average Bonchev–Trinajstić information content (AvgIpc) is 3.38. The number of rotatable bonds is 6. The summed E-state index contributed by atoms with van der Waals surface area (Å²) in [6.07, 6.45) is 2.61. The van der Waals surface area contributed by atoms with E-state index in [-0.39, 0.29) is 12.0 Å². The zero-order valence-electron chi connectivity index (χ0n) is 16.9. The second kappa shape index (κ2) is 8.35. The number of para-hydroxylation sites is 1. The fourth-order valence-corrected chi connectivity index (χ4v) is 4.36. The smallest absolute Gasteiger partial charge is 0.257 e. The fraction of sp³-hybridized carbons (Fsp3) is 0.130. The second-order valence-corrected chi connectivity index (χ2v) is 8.18. The van der Waals surface area contributed by atoms with Crippen molar-refractivity contribution >= 4 is 21.8 Å². The van der Waals surface area contributed by atoms with E-state index < -0.39 is 11.0 Å². The van der Waals surface area contributed by atoms with Crippen LogP contribution in [0, 0.1) is 0 Å². The highest BCUT2D eigenvalue weighted by atomic mass is 32.2. The highest BCUT2D eigenvalue weighted by molar-refractivity contribution is 7.93. The van der Waals surface area contributed by atoms with Crippen LogP contribution in [0.4, 0.5) is 0 Å². The molecule has 2 atom stereocenters. The minimum atomic E-state index is -1.53. The van der Waals surface area contributed by atoms with Crippen molar-refractivity contribution in [1.29, 1.82) is 0 Å². The number of hydrogen-bond donors (Lipinski definition) is 1. The molecule has 162 valence electrons. The van der Waals surface area contributed by atoms with Gasteiger partial charge in [-0.05, 0) is 29.8 Å². The summed E-state index contributed by atoms with van der Waals surface area (Å²) in [6, 6.07) is 16.2. The first-order valence-electron chi connectivity index (χ1n) is 9.75. The second-order valence-electron chi connectivity index (χ2n) is 7.00. The molecule has 2 aromatic carbocycles. The molecule has 2 aliphatic heterocycles. The molecule has 1 amide bonds. The zero-order valence-corrected chi connectivity index (χ0v) is 17.8. The van der Waals surface area contributed by atoms with Gasteiger partial charge in [-0.1, -0.05) is 24.3 Å². The normalized spacial score (nSPS) is 18.9. The molecule has 0 fully saturated rings. The first-order valence-corrected chi connectivity index (χ1v) is 10.9. The van der Waals surface area contributed by atoms with Gasteiger partial charge < -0.3 is 18.9 Å². The highest BCUT2D eigenvalue weighted by Gasteiger charge is 2.29. The predicted octanol–water partition coefficient (Wildman–Crippen LogP) is 3.53. The molecule has 0 saturated carbocycles. The number of pyridine rings is 1. The van der Waals surface area contributed by atoms with E-state index in [1.807, 2.05) is 18.2 Å². The summed E-state index contributed by atoms with van der Waals surface area (Å²) in [4.78, 5) is 16.0. The van der Waals surface area contributed by atoms with Crippen molar-refractivity contribution in [1.82, 2.24) is 9.71 Å². The Balaban J connectivity index is 1.31. The van der Waals surface area contributed by atoms with Crippen molar-refractivity contribution in [2.45, 2.75) is 6.10 Å². The van der Waals surface area contributed by atoms with Crippen molar-refractivity contribution < 1.29 is 28.0 Å². The topological polar surface area (TPSA) is 96.0 Å². The minimum absolute atomic E-state index is 0.309. The number of ether oxygens (including phenoxy) is 4. The molecule has 0 aliphatic carbocycles. The Morgan fingerprint density at radius 1 is 1.09 bits per heavy atom. The number of amides is 1. The Kier molecular flexibility index (Phi) is 5.24. The van der Waals surface area contributed by atoms with Crippen LogP contribution in [-0.4, -0.2) is 28.8 Å². The summed E-state index contributed by atoms with van der Waals surface area (Å²) in [5.41, 5.74) is 1.57. The first kappa shape index (κ1) is 20.1. The summed E-state index contributed by atoms with van der Waals surface area (Å²) < 4.78 is 37.3. The molecule has 3 aromatic rings. The van der Waals surface area contributed by atoms with Crippen molar-refractivity contribution in [2.24, 2.45) is 0 Å². The number of nitrogens with one attached hydrogen (secondary N) is 1. The lowest BCUT2D eigenvalue weighted by Crippen LogP contribution is -2.16. The number of carbonyl (C=O) groups excluding carboxylic acids is 1. The quantitative estimate of drug-likeness (QED) is 0.614. The van der Waals surface area contributed by atoms with Gasteiger partial charge in [-0.3, -0.25) is 9.52 Å². The maximum atomic E-state index is 11.9. The molecular weight excluding hydrogens is 432 g/mol. The van der Waals surface area contributed by atoms with Crippen LogP contribution in [-0.2, 0) is 15.8 Å². The van der Waals surface area contributed by atoms with Gasteiger partial charge in [-0.25, -0.2) is 9.19 Å². The SMILES string of the molecule is COc1ccc(Oc2cccc3c2OCC3Oc2ccc(C3=CC(=O)NS3=O)cc2)cn1. The lowest BCUT2D eigenvalue weighted by atomic mass is 10.1. The molecule has 1 N–H and O–H groups in total. The van der Waals surface area contributed by atoms with Crippen LogP contribution in [0.1, 0.15) is 17.2 Å². The minimum Gasteiger partial charge on any atom is -0.485 e. The van der Waals surface area contributed by atoms with E-state index in [2.05, 4.69) is 9.71 Å². The third-order valence-electron chi connectivity index (χ3n) is 4.95. The lowest BCUT2D eigenvalue weighted by Gasteiger charge is -2.13. The highest BCUT2D eigenvalue weighted by Crippen LogP contribution is 2.43. The molecule has 0 spiro atoms. The molecule has 1 aromatic heterocycles. The van der Waals surface area contributed by atoms with Crippen molar-refractivity contribution in [3.05, 3.63) is 78.0 Å². The van der Waals surface area contributed by atoms with Gasteiger partial charge in [-0.15, -0.1) is 0 Å². The molecule has 8 nitrogen and oxygen atoms in total. The fourth-order valence-electron chi connectivity index (χ4n) is 3.44. The number of hydrogen-bond acceptors (Lipinski definition) is 7. The summed E-state index contributed by atoms with van der Waals surface area (Å²) in [5.74, 6) is 2.54. The molecule has 0 radical (unpaired) electrons. The first-order chi connectivity index (χ1) is 15.6. The summed E-state index contributed by atoms with van der Waals surface area (Å²) in [6.45, 7) is 0.339. The Morgan fingerprint density at radius 3 is 2.59 bits per heavy atom. The number of nitrogens with zero attached hydrogens (tertiary/aromatic N) is 1. The van der Waals surface area contributed by atoms with Crippen LogP contribution in [0.3, 0.4) is 0 Å². The third-order valence-corrected chi connectivity index (χ3v) is 6.09. The Hall–Kier alpha value is -3.85. The largest absolute Gasteiger partial charge is 0.485 e.